The number of carbonyl (C=O) groups is 3. The normalized spacial score (nSPS) is 15.6. The van der Waals surface area contributed by atoms with Gasteiger partial charge in [0.1, 0.15) is 11.9 Å². The van der Waals surface area contributed by atoms with Gasteiger partial charge < -0.3 is 18.5 Å². The number of fused-ring (bicyclic) bond motifs is 2. The van der Waals surface area contributed by atoms with E-state index in [0.717, 1.165) is 17.0 Å². The second-order valence-corrected chi connectivity index (χ2v) is 25.0. The van der Waals surface area contributed by atoms with Crippen LogP contribution in [0.5, 0.6) is 5.75 Å². The van der Waals surface area contributed by atoms with E-state index >= 15 is 0 Å². The molecule has 8 nitrogen and oxygen atoms in total. The summed E-state index contributed by atoms with van der Waals surface area (Å²) in [5.74, 6) is 0.153. The van der Waals surface area contributed by atoms with Crippen LogP contribution < -0.4 is 9.64 Å². The Balaban J connectivity index is 1.43. The molecule has 10 heteroatoms. The van der Waals surface area contributed by atoms with Crippen LogP contribution in [0.15, 0.2) is 42.5 Å². The van der Waals surface area contributed by atoms with Crippen LogP contribution in [-0.4, -0.2) is 71.7 Å². The van der Waals surface area contributed by atoms with E-state index in [4.69, 9.17) is 13.6 Å². The molecule has 2 aliphatic rings. The van der Waals surface area contributed by atoms with Crippen molar-refractivity contribution in [1.29, 1.82) is 0 Å². The Hall–Kier alpha value is -2.80. The number of hydrogen-bond donors (Lipinski definition) is 0. The maximum absolute atomic E-state index is 13.4. The summed E-state index contributed by atoms with van der Waals surface area (Å²) in [6.45, 7) is 24.0. The van der Waals surface area contributed by atoms with E-state index in [1.54, 1.807) is 29.2 Å². The molecule has 0 saturated carbocycles. The first-order valence-electron chi connectivity index (χ1n) is 16.2. The van der Waals surface area contributed by atoms with Gasteiger partial charge in [-0.1, -0.05) is 59.7 Å². The molecule has 0 saturated heterocycles. The average molecular weight is 653 g/mol. The van der Waals surface area contributed by atoms with E-state index in [0.29, 0.717) is 43.7 Å². The molecule has 2 aromatic rings. The fraction of sp³-hybridized carbons (Fsp3) is 0.571. The molecule has 0 fully saturated rings. The van der Waals surface area contributed by atoms with Crippen molar-refractivity contribution in [3.05, 3.63) is 59.2 Å². The Bertz CT molecular complexity index is 1360. The molecule has 0 N–H and O–H groups in total. The van der Waals surface area contributed by atoms with Crippen molar-refractivity contribution in [3.8, 4) is 5.75 Å². The molecule has 4 rings (SSSR count). The lowest BCUT2D eigenvalue weighted by atomic mass is 10.1. The molecule has 0 bridgehead atoms. The Morgan fingerprint density at radius 1 is 0.822 bits per heavy atom. The predicted molar refractivity (Wildman–Crippen MR) is 184 cm³/mol. The summed E-state index contributed by atoms with van der Waals surface area (Å²) in [6, 6.07) is 12.7. The minimum absolute atomic E-state index is 0.0263. The number of carbonyl (C=O) groups excluding carboxylic acids is 3. The lowest BCUT2D eigenvalue weighted by Gasteiger charge is -2.39. The van der Waals surface area contributed by atoms with Gasteiger partial charge in [0.05, 0.1) is 30.0 Å². The predicted octanol–water partition coefficient (Wildman–Crippen LogP) is 7.44. The minimum atomic E-state index is -2.02. The second kappa shape index (κ2) is 13.1. The average Bonchev–Trinajstić information content (AvgIpc) is 3.49. The zero-order valence-corrected chi connectivity index (χ0v) is 30.9. The molecule has 0 spiro atoms. The van der Waals surface area contributed by atoms with Gasteiger partial charge in [0.15, 0.2) is 16.6 Å². The van der Waals surface area contributed by atoms with E-state index in [9.17, 15) is 14.4 Å². The molecule has 0 atom stereocenters. The zero-order chi connectivity index (χ0) is 33.4. The SMILES string of the molecule is CC(C)(C)[Si](C)(C)OCC(CO[Si](C)(C)C(C)(C)C)Oc1cccc2c1CCN2C(=O)CCCN1C(=O)c2ccccc2C1=O. The third-order valence-corrected chi connectivity index (χ3v) is 19.1. The number of benzene rings is 2. The number of rotatable bonds is 12. The number of anilines is 1. The number of hydrogen-bond acceptors (Lipinski definition) is 6. The van der Waals surface area contributed by atoms with Gasteiger partial charge >= 0.3 is 0 Å². The van der Waals surface area contributed by atoms with Crippen LogP contribution >= 0.6 is 0 Å². The van der Waals surface area contributed by atoms with Crippen LogP contribution in [0.3, 0.4) is 0 Å². The van der Waals surface area contributed by atoms with Gasteiger partial charge in [0.2, 0.25) is 5.91 Å². The van der Waals surface area contributed by atoms with Gasteiger partial charge in [0.25, 0.3) is 11.8 Å². The molecular formula is C35H52N2O6Si2. The molecule has 2 aromatic carbocycles. The molecule has 0 unspecified atom stereocenters. The van der Waals surface area contributed by atoms with Crippen LogP contribution in [0.25, 0.3) is 0 Å². The summed E-state index contributed by atoms with van der Waals surface area (Å²) in [5.41, 5.74) is 2.72. The summed E-state index contributed by atoms with van der Waals surface area (Å²) in [6.07, 6.45) is 1.05. The highest BCUT2D eigenvalue weighted by atomic mass is 28.4. The molecule has 2 aliphatic heterocycles. The first-order valence-corrected chi connectivity index (χ1v) is 22.0. The number of ether oxygens (including phenoxy) is 1. The third kappa shape index (κ3) is 7.61. The Morgan fingerprint density at radius 2 is 1.36 bits per heavy atom. The highest BCUT2D eigenvalue weighted by molar-refractivity contribution is 6.74. The van der Waals surface area contributed by atoms with E-state index < -0.39 is 16.6 Å². The minimum Gasteiger partial charge on any atom is -0.485 e. The molecule has 0 aliphatic carbocycles. The van der Waals surface area contributed by atoms with Crippen molar-refractivity contribution in [3.63, 3.8) is 0 Å². The largest absolute Gasteiger partial charge is 0.485 e. The van der Waals surface area contributed by atoms with Crippen molar-refractivity contribution >= 4 is 40.0 Å². The van der Waals surface area contributed by atoms with Gasteiger partial charge in [-0.15, -0.1) is 0 Å². The Kier molecular flexibility index (Phi) is 10.2. The fourth-order valence-electron chi connectivity index (χ4n) is 5.07. The monoisotopic (exact) mass is 652 g/mol. The van der Waals surface area contributed by atoms with Crippen molar-refractivity contribution in [1.82, 2.24) is 4.90 Å². The maximum Gasteiger partial charge on any atom is 0.261 e. The smallest absolute Gasteiger partial charge is 0.261 e. The summed E-state index contributed by atoms with van der Waals surface area (Å²) >= 11 is 0. The quantitative estimate of drug-likeness (QED) is 0.175. The van der Waals surface area contributed by atoms with Gasteiger partial charge in [0, 0.05) is 25.1 Å². The lowest BCUT2D eigenvalue weighted by molar-refractivity contribution is -0.118. The van der Waals surface area contributed by atoms with Crippen molar-refractivity contribution in [2.24, 2.45) is 0 Å². The molecular weight excluding hydrogens is 601 g/mol. The highest BCUT2D eigenvalue weighted by Crippen LogP contribution is 2.40. The molecule has 0 aromatic heterocycles. The standard InChI is InChI=1S/C35H52N2O6Si2/c1-34(2,3)44(7,8)41-23-25(24-42-45(9,10)35(4,5)6)43-30-18-13-17-29-28(30)20-22-36(29)31(38)19-14-21-37-32(39)26-15-11-12-16-27(26)33(37)40/h11-13,15-18,25H,14,19-24H2,1-10H3. The van der Waals surface area contributed by atoms with E-state index in [2.05, 4.69) is 67.7 Å². The molecule has 3 amide bonds. The van der Waals surface area contributed by atoms with Gasteiger partial charge in [-0.3, -0.25) is 19.3 Å². The molecule has 0 radical (unpaired) electrons. The molecule has 45 heavy (non-hydrogen) atoms. The lowest BCUT2D eigenvalue weighted by Crippen LogP contribution is -2.47. The molecule has 2 heterocycles. The summed E-state index contributed by atoms with van der Waals surface area (Å²) in [4.78, 5) is 41.9. The highest BCUT2D eigenvalue weighted by Gasteiger charge is 2.40. The van der Waals surface area contributed by atoms with Crippen LogP contribution in [0, 0.1) is 0 Å². The van der Waals surface area contributed by atoms with E-state index in [1.807, 2.05) is 18.2 Å². The summed E-state index contributed by atoms with van der Waals surface area (Å²) in [5, 5.41) is 0.151. The first kappa shape index (κ1) is 35.1. The van der Waals surface area contributed by atoms with Crippen molar-refractivity contribution in [2.45, 2.75) is 103 Å². The summed E-state index contributed by atoms with van der Waals surface area (Å²) in [7, 11) is -4.03. The molecule has 246 valence electrons. The number of imide groups is 1. The maximum atomic E-state index is 13.4. The zero-order valence-electron chi connectivity index (χ0n) is 28.9. The van der Waals surface area contributed by atoms with Gasteiger partial charge in [-0.2, -0.15) is 0 Å². The Labute approximate surface area is 271 Å². The fourth-order valence-corrected chi connectivity index (χ4v) is 7.14. The Morgan fingerprint density at radius 3 is 1.87 bits per heavy atom. The van der Waals surface area contributed by atoms with Crippen molar-refractivity contribution in [2.75, 3.05) is 31.2 Å². The summed E-state index contributed by atoms with van der Waals surface area (Å²) < 4.78 is 19.9. The van der Waals surface area contributed by atoms with Crippen LogP contribution in [0.1, 0.15) is 80.7 Å². The van der Waals surface area contributed by atoms with Gasteiger partial charge in [-0.05, 0) is 73.4 Å². The van der Waals surface area contributed by atoms with Gasteiger partial charge in [-0.25, -0.2) is 0 Å². The van der Waals surface area contributed by atoms with E-state index in [1.165, 1.54) is 4.90 Å². The first-order chi connectivity index (χ1) is 20.8. The second-order valence-electron chi connectivity index (χ2n) is 15.3. The van der Waals surface area contributed by atoms with Crippen LogP contribution in [0.2, 0.25) is 36.3 Å². The topological polar surface area (TPSA) is 85.4 Å². The van der Waals surface area contributed by atoms with Crippen molar-refractivity contribution < 1.29 is 28.0 Å². The van der Waals surface area contributed by atoms with Crippen LogP contribution in [0.4, 0.5) is 5.69 Å². The van der Waals surface area contributed by atoms with E-state index in [-0.39, 0.29) is 46.9 Å². The third-order valence-electron chi connectivity index (χ3n) is 10.1. The number of nitrogens with zero attached hydrogens (tertiary/aromatic N) is 2. The number of amides is 3. The van der Waals surface area contributed by atoms with Crippen LogP contribution in [-0.2, 0) is 20.1 Å².